The third kappa shape index (κ3) is 4.84. The minimum atomic E-state index is -0.363. The Hall–Kier alpha value is -1.89. The van der Waals surface area contributed by atoms with Gasteiger partial charge in [-0.25, -0.2) is 4.39 Å². The first-order valence-corrected chi connectivity index (χ1v) is 9.97. The van der Waals surface area contributed by atoms with Crippen molar-refractivity contribution in [3.8, 4) is 0 Å². The smallest absolute Gasteiger partial charge is 0.277 e. The second-order valence-corrected chi connectivity index (χ2v) is 8.08. The van der Waals surface area contributed by atoms with E-state index in [0.717, 1.165) is 18.4 Å². The molecule has 0 bridgehead atoms. The fourth-order valence-corrected chi connectivity index (χ4v) is 3.85. The number of thioether (sulfide) groups is 1. The van der Waals surface area contributed by atoms with E-state index in [9.17, 15) is 9.18 Å². The molecular formula is C19H24FN3O2S. The molecule has 0 unspecified atom stereocenters. The van der Waals surface area contributed by atoms with Gasteiger partial charge in [-0.05, 0) is 44.4 Å². The lowest BCUT2D eigenvalue weighted by Crippen LogP contribution is -2.33. The molecule has 1 aromatic heterocycles. The summed E-state index contributed by atoms with van der Waals surface area (Å²) in [5.74, 6) is 0.637. The summed E-state index contributed by atoms with van der Waals surface area (Å²) in [4.78, 5) is 12.4. The highest BCUT2D eigenvalue weighted by atomic mass is 32.2. The molecule has 0 spiro atoms. The molecule has 26 heavy (non-hydrogen) atoms. The van der Waals surface area contributed by atoms with Gasteiger partial charge in [-0.2, -0.15) is 0 Å². The summed E-state index contributed by atoms with van der Waals surface area (Å²) in [7, 11) is 0. The predicted molar refractivity (Wildman–Crippen MR) is 98.4 cm³/mol. The largest absolute Gasteiger partial charge is 0.416 e. The van der Waals surface area contributed by atoms with Crippen LogP contribution in [0.4, 0.5) is 4.39 Å². The molecule has 2 atom stereocenters. The van der Waals surface area contributed by atoms with Gasteiger partial charge in [0.25, 0.3) is 5.22 Å². The molecule has 0 radical (unpaired) electrons. The number of rotatable bonds is 6. The summed E-state index contributed by atoms with van der Waals surface area (Å²) in [5.41, 5.74) is 0.856. The first-order chi connectivity index (χ1) is 12.5. The van der Waals surface area contributed by atoms with Crippen LogP contribution in [0.1, 0.15) is 69.4 Å². The number of nitrogens with zero attached hydrogens (tertiary/aromatic N) is 2. The maximum Gasteiger partial charge on any atom is 0.277 e. The van der Waals surface area contributed by atoms with Crippen LogP contribution in [0.3, 0.4) is 0 Å². The Bertz CT molecular complexity index is 729. The summed E-state index contributed by atoms with van der Waals surface area (Å²) in [6.45, 7) is 3.68. The van der Waals surface area contributed by atoms with Gasteiger partial charge in [0.2, 0.25) is 11.8 Å². The van der Waals surface area contributed by atoms with E-state index in [4.69, 9.17) is 4.42 Å². The maximum atomic E-state index is 13.0. The van der Waals surface area contributed by atoms with Crippen LogP contribution in [0.15, 0.2) is 33.9 Å². The normalized spacial score (nSPS) is 17.7. The van der Waals surface area contributed by atoms with Crippen molar-refractivity contribution in [3.05, 3.63) is 41.5 Å². The lowest BCUT2D eigenvalue weighted by atomic mass is 9.89. The SMILES string of the molecule is C[C@H](Sc1nnc(C2CCCCC2)o1)C(=O)N[C@@H](C)c1ccc(F)cc1. The van der Waals surface area contributed by atoms with Gasteiger partial charge in [-0.15, -0.1) is 10.2 Å². The molecule has 2 aromatic rings. The highest BCUT2D eigenvalue weighted by Gasteiger charge is 2.24. The molecule has 1 N–H and O–H groups in total. The first-order valence-electron chi connectivity index (χ1n) is 9.09. The lowest BCUT2D eigenvalue weighted by Gasteiger charge is -2.17. The van der Waals surface area contributed by atoms with Crippen molar-refractivity contribution in [3.63, 3.8) is 0 Å². The number of hydrogen-bond donors (Lipinski definition) is 1. The average Bonchev–Trinajstić information content (AvgIpc) is 3.11. The van der Waals surface area contributed by atoms with E-state index in [1.54, 1.807) is 12.1 Å². The van der Waals surface area contributed by atoms with Crippen molar-refractivity contribution >= 4 is 17.7 Å². The van der Waals surface area contributed by atoms with Crippen LogP contribution >= 0.6 is 11.8 Å². The third-order valence-electron chi connectivity index (χ3n) is 4.75. The highest BCUT2D eigenvalue weighted by Crippen LogP contribution is 2.33. The van der Waals surface area contributed by atoms with Gasteiger partial charge >= 0.3 is 0 Å². The number of hydrogen-bond acceptors (Lipinski definition) is 5. The Labute approximate surface area is 157 Å². The minimum Gasteiger partial charge on any atom is -0.416 e. The number of nitrogens with one attached hydrogen (secondary N) is 1. The topological polar surface area (TPSA) is 68.0 Å². The number of halogens is 1. The Morgan fingerprint density at radius 1 is 1.19 bits per heavy atom. The third-order valence-corrected chi connectivity index (χ3v) is 5.69. The van der Waals surface area contributed by atoms with Crippen molar-refractivity contribution in [2.24, 2.45) is 0 Å². The maximum absolute atomic E-state index is 13.0. The second kappa shape index (κ2) is 8.66. The summed E-state index contributed by atoms with van der Waals surface area (Å²) in [5, 5.41) is 11.3. The number of carbonyl (C=O) groups is 1. The quantitative estimate of drug-likeness (QED) is 0.744. The van der Waals surface area contributed by atoms with Gasteiger partial charge in [0.05, 0.1) is 11.3 Å². The van der Waals surface area contributed by atoms with Gasteiger partial charge in [0.15, 0.2) is 0 Å². The van der Waals surface area contributed by atoms with E-state index in [1.165, 1.54) is 43.2 Å². The zero-order valence-corrected chi connectivity index (χ0v) is 15.9. The van der Waals surface area contributed by atoms with Crippen LogP contribution in [0.2, 0.25) is 0 Å². The second-order valence-electron chi connectivity index (χ2n) is 6.78. The van der Waals surface area contributed by atoms with Crippen LogP contribution < -0.4 is 5.32 Å². The predicted octanol–water partition coefficient (Wildman–Crippen LogP) is 4.61. The molecule has 3 rings (SSSR count). The van der Waals surface area contributed by atoms with E-state index >= 15 is 0 Å². The average molecular weight is 377 g/mol. The van der Waals surface area contributed by atoms with Crippen LogP contribution in [-0.2, 0) is 4.79 Å². The summed E-state index contributed by atoms with van der Waals surface area (Å²) in [6.07, 6.45) is 5.87. The monoisotopic (exact) mass is 377 g/mol. The molecule has 1 heterocycles. The Balaban J connectivity index is 1.53. The standard InChI is InChI=1S/C19H24FN3O2S/c1-12(14-8-10-16(20)11-9-14)21-17(24)13(2)26-19-23-22-18(25-19)15-6-4-3-5-7-15/h8-13,15H,3-7H2,1-2H3,(H,21,24)/t12-,13-/m0/s1. The van der Waals surface area contributed by atoms with Crippen molar-refractivity contribution in [1.82, 2.24) is 15.5 Å². The fraction of sp³-hybridized carbons (Fsp3) is 0.526. The van der Waals surface area contributed by atoms with E-state index in [0.29, 0.717) is 17.0 Å². The molecular weight excluding hydrogens is 353 g/mol. The summed E-state index contributed by atoms with van der Waals surface area (Å²) < 4.78 is 18.8. The summed E-state index contributed by atoms with van der Waals surface area (Å²) >= 11 is 1.26. The number of amides is 1. The highest BCUT2D eigenvalue weighted by molar-refractivity contribution is 8.00. The molecule has 1 amide bonds. The fourth-order valence-electron chi connectivity index (χ4n) is 3.15. The number of aromatic nitrogens is 2. The molecule has 1 fully saturated rings. The first kappa shape index (κ1) is 18.9. The van der Waals surface area contributed by atoms with Gasteiger partial charge in [-0.3, -0.25) is 4.79 Å². The molecule has 1 saturated carbocycles. The zero-order chi connectivity index (χ0) is 18.5. The lowest BCUT2D eigenvalue weighted by molar-refractivity contribution is -0.120. The van der Waals surface area contributed by atoms with Crippen LogP contribution in [0, 0.1) is 5.82 Å². The summed E-state index contributed by atoms with van der Waals surface area (Å²) in [6, 6.07) is 5.92. The van der Waals surface area contributed by atoms with E-state index < -0.39 is 0 Å². The number of carbonyl (C=O) groups excluding carboxylic acids is 1. The minimum absolute atomic E-state index is 0.121. The van der Waals surface area contributed by atoms with Gasteiger partial charge in [0, 0.05) is 5.92 Å². The zero-order valence-electron chi connectivity index (χ0n) is 15.1. The van der Waals surface area contributed by atoms with E-state index in [-0.39, 0.29) is 23.0 Å². The van der Waals surface area contributed by atoms with Crippen molar-refractivity contribution in [1.29, 1.82) is 0 Å². The molecule has 0 aliphatic heterocycles. The molecule has 5 nitrogen and oxygen atoms in total. The Morgan fingerprint density at radius 2 is 1.88 bits per heavy atom. The Morgan fingerprint density at radius 3 is 2.58 bits per heavy atom. The molecule has 1 aliphatic carbocycles. The molecule has 140 valence electrons. The van der Waals surface area contributed by atoms with Gasteiger partial charge < -0.3 is 9.73 Å². The molecule has 1 aromatic carbocycles. The van der Waals surface area contributed by atoms with Crippen molar-refractivity contribution in [2.45, 2.75) is 68.4 Å². The number of benzene rings is 1. The van der Waals surface area contributed by atoms with Crippen molar-refractivity contribution < 1.29 is 13.6 Å². The van der Waals surface area contributed by atoms with Crippen LogP contribution in [0.25, 0.3) is 0 Å². The van der Waals surface area contributed by atoms with E-state index in [1.807, 2.05) is 13.8 Å². The molecule has 0 saturated heterocycles. The van der Waals surface area contributed by atoms with Crippen LogP contribution in [-0.4, -0.2) is 21.4 Å². The van der Waals surface area contributed by atoms with Gasteiger partial charge in [0.1, 0.15) is 5.82 Å². The van der Waals surface area contributed by atoms with E-state index in [2.05, 4.69) is 15.5 Å². The van der Waals surface area contributed by atoms with Crippen molar-refractivity contribution in [2.75, 3.05) is 0 Å². The molecule has 1 aliphatic rings. The van der Waals surface area contributed by atoms with Crippen LogP contribution in [0.5, 0.6) is 0 Å². The van der Waals surface area contributed by atoms with Gasteiger partial charge in [-0.1, -0.05) is 43.2 Å². The Kier molecular flexibility index (Phi) is 6.29. The molecule has 7 heteroatoms.